The molecule has 0 N–H and O–H groups in total. The second-order valence-electron chi connectivity index (χ2n) is 16.6. The molecule has 0 unspecified atom stereocenters. The summed E-state index contributed by atoms with van der Waals surface area (Å²) in [5.74, 6) is 0.465. The van der Waals surface area contributed by atoms with Crippen molar-refractivity contribution in [1.29, 1.82) is 0 Å². The minimum absolute atomic E-state index is 0.00463. The molecule has 0 saturated heterocycles. The van der Waals surface area contributed by atoms with Gasteiger partial charge in [-0.25, -0.2) is 0 Å². The molecule has 0 aliphatic carbocycles. The standard InChI is InChI=1S/C49H51N/c1-31(2)34-18-24-38(25-19-34)50(37-22-15-32(3)16-23-37)47-43-28-21-35(48(5,6)7)29-44(43)46(42-27-20-36(30-45(42)47)49(8,9)10)41-26-17-33(4)39-13-11-12-14-40(39)41/h11-31H,1-10H3. The van der Waals surface area contributed by atoms with E-state index in [0.717, 1.165) is 11.4 Å². The monoisotopic (exact) mass is 653 g/mol. The topological polar surface area (TPSA) is 3.24 Å². The van der Waals surface area contributed by atoms with Gasteiger partial charge in [-0.05, 0) is 122 Å². The van der Waals surface area contributed by atoms with Crippen molar-refractivity contribution in [2.75, 3.05) is 4.90 Å². The molecule has 7 aromatic carbocycles. The molecule has 0 saturated carbocycles. The molecular weight excluding hydrogens is 603 g/mol. The van der Waals surface area contributed by atoms with Gasteiger partial charge in [-0.3, -0.25) is 0 Å². The summed E-state index contributed by atoms with van der Waals surface area (Å²) in [6.45, 7) is 22.8. The van der Waals surface area contributed by atoms with Crippen molar-refractivity contribution in [1.82, 2.24) is 0 Å². The quantitative estimate of drug-likeness (QED) is 0.167. The van der Waals surface area contributed by atoms with Gasteiger partial charge in [0.1, 0.15) is 0 Å². The lowest BCUT2D eigenvalue weighted by atomic mass is 9.80. The summed E-state index contributed by atoms with van der Waals surface area (Å²) in [5.41, 5.74) is 12.7. The lowest BCUT2D eigenvalue weighted by Gasteiger charge is -2.31. The smallest absolute Gasteiger partial charge is 0.0618 e. The van der Waals surface area contributed by atoms with Gasteiger partial charge in [0.25, 0.3) is 0 Å². The molecule has 50 heavy (non-hydrogen) atoms. The van der Waals surface area contributed by atoms with Gasteiger partial charge in [-0.1, -0.05) is 146 Å². The molecule has 0 aliphatic rings. The Kier molecular flexibility index (Phi) is 8.38. The Morgan fingerprint density at radius 3 is 1.60 bits per heavy atom. The van der Waals surface area contributed by atoms with E-state index in [1.54, 1.807) is 0 Å². The van der Waals surface area contributed by atoms with Crippen molar-refractivity contribution in [3.05, 3.63) is 149 Å². The van der Waals surface area contributed by atoms with E-state index in [9.17, 15) is 0 Å². The van der Waals surface area contributed by atoms with Gasteiger partial charge in [-0.15, -0.1) is 0 Å². The largest absolute Gasteiger partial charge is 0.309 e. The third kappa shape index (κ3) is 5.98. The molecular formula is C49H51N. The zero-order valence-corrected chi connectivity index (χ0v) is 31.6. The van der Waals surface area contributed by atoms with Crippen LogP contribution in [-0.4, -0.2) is 0 Å². The molecule has 0 amide bonds. The highest BCUT2D eigenvalue weighted by molar-refractivity contribution is 6.24. The SMILES string of the molecule is Cc1ccc(N(c2ccc(C(C)C)cc2)c2c3ccc(C(C)(C)C)cc3c(-c3ccc(C)c4ccccc34)c3ccc(C(C)(C)C)cc23)cc1. The molecule has 0 spiro atoms. The highest BCUT2D eigenvalue weighted by Gasteiger charge is 2.26. The van der Waals surface area contributed by atoms with Crippen molar-refractivity contribution in [2.45, 2.75) is 86.0 Å². The normalized spacial score (nSPS) is 12.4. The maximum absolute atomic E-state index is 2.51. The van der Waals surface area contributed by atoms with Crippen molar-refractivity contribution in [3.63, 3.8) is 0 Å². The lowest BCUT2D eigenvalue weighted by Crippen LogP contribution is -2.14. The molecule has 1 heteroatoms. The second kappa shape index (κ2) is 12.5. The molecule has 0 atom stereocenters. The number of rotatable bonds is 5. The first-order valence-corrected chi connectivity index (χ1v) is 18.2. The summed E-state index contributed by atoms with van der Waals surface area (Å²) in [7, 11) is 0. The Balaban J connectivity index is 1.70. The van der Waals surface area contributed by atoms with E-state index in [-0.39, 0.29) is 10.8 Å². The highest BCUT2D eigenvalue weighted by atomic mass is 15.1. The first-order chi connectivity index (χ1) is 23.7. The van der Waals surface area contributed by atoms with Gasteiger partial charge in [0.05, 0.1) is 5.69 Å². The number of nitrogens with zero attached hydrogens (tertiary/aromatic N) is 1. The van der Waals surface area contributed by atoms with Crippen LogP contribution in [0, 0.1) is 13.8 Å². The van der Waals surface area contributed by atoms with E-state index in [2.05, 4.69) is 195 Å². The van der Waals surface area contributed by atoms with Crippen LogP contribution in [-0.2, 0) is 10.8 Å². The minimum atomic E-state index is -0.0131. The lowest BCUT2D eigenvalue weighted by molar-refractivity contribution is 0.590. The molecule has 0 bridgehead atoms. The number of benzene rings is 7. The van der Waals surface area contributed by atoms with E-state index in [1.807, 2.05) is 0 Å². The zero-order chi connectivity index (χ0) is 35.5. The first-order valence-electron chi connectivity index (χ1n) is 18.2. The second-order valence-corrected chi connectivity index (χ2v) is 16.6. The highest BCUT2D eigenvalue weighted by Crippen LogP contribution is 2.50. The molecule has 7 rings (SSSR count). The zero-order valence-electron chi connectivity index (χ0n) is 31.6. The van der Waals surface area contributed by atoms with E-state index in [1.165, 1.54) is 76.9 Å². The van der Waals surface area contributed by atoms with Gasteiger partial charge >= 0.3 is 0 Å². The van der Waals surface area contributed by atoms with Crippen LogP contribution >= 0.6 is 0 Å². The van der Waals surface area contributed by atoms with Crippen molar-refractivity contribution in [2.24, 2.45) is 0 Å². The average molecular weight is 654 g/mol. The van der Waals surface area contributed by atoms with E-state index >= 15 is 0 Å². The fraction of sp³-hybridized carbons (Fsp3) is 0.265. The third-order valence-electron chi connectivity index (χ3n) is 10.6. The summed E-state index contributed by atoms with van der Waals surface area (Å²) in [6.07, 6.45) is 0. The molecule has 0 radical (unpaired) electrons. The van der Waals surface area contributed by atoms with Gasteiger partial charge in [0.2, 0.25) is 0 Å². The Bertz CT molecular complexity index is 2360. The fourth-order valence-electron chi connectivity index (χ4n) is 7.45. The van der Waals surface area contributed by atoms with E-state index in [0.29, 0.717) is 5.92 Å². The van der Waals surface area contributed by atoms with Crippen LogP contribution in [0.5, 0.6) is 0 Å². The van der Waals surface area contributed by atoms with Crippen LogP contribution in [0.4, 0.5) is 17.1 Å². The fourth-order valence-corrected chi connectivity index (χ4v) is 7.45. The number of aryl methyl sites for hydroxylation is 2. The molecule has 1 nitrogen and oxygen atoms in total. The van der Waals surface area contributed by atoms with Crippen LogP contribution in [0.2, 0.25) is 0 Å². The first kappa shape index (κ1) is 33.6. The van der Waals surface area contributed by atoms with Crippen LogP contribution in [0.3, 0.4) is 0 Å². The van der Waals surface area contributed by atoms with Crippen molar-refractivity contribution < 1.29 is 0 Å². The van der Waals surface area contributed by atoms with Gasteiger partial charge in [0.15, 0.2) is 0 Å². The Morgan fingerprint density at radius 1 is 0.480 bits per heavy atom. The molecule has 0 aliphatic heterocycles. The van der Waals surface area contributed by atoms with Crippen LogP contribution in [0.25, 0.3) is 43.4 Å². The molecule has 0 aromatic heterocycles. The van der Waals surface area contributed by atoms with Gasteiger partial charge in [-0.2, -0.15) is 0 Å². The van der Waals surface area contributed by atoms with E-state index < -0.39 is 0 Å². The summed E-state index contributed by atoms with van der Waals surface area (Å²) in [6, 6.07) is 46.3. The molecule has 252 valence electrons. The summed E-state index contributed by atoms with van der Waals surface area (Å²) in [5, 5.41) is 7.68. The van der Waals surface area contributed by atoms with Crippen LogP contribution in [0.15, 0.2) is 121 Å². The maximum atomic E-state index is 2.51. The Hall–Kier alpha value is -4.88. The summed E-state index contributed by atoms with van der Waals surface area (Å²) in [4.78, 5) is 2.51. The number of fused-ring (bicyclic) bond motifs is 3. The van der Waals surface area contributed by atoms with E-state index in [4.69, 9.17) is 0 Å². The van der Waals surface area contributed by atoms with Crippen LogP contribution < -0.4 is 4.90 Å². The summed E-state index contributed by atoms with van der Waals surface area (Å²) >= 11 is 0. The maximum Gasteiger partial charge on any atom is 0.0618 e. The summed E-state index contributed by atoms with van der Waals surface area (Å²) < 4.78 is 0. The molecule has 0 heterocycles. The predicted molar refractivity (Wildman–Crippen MR) is 220 cm³/mol. The number of hydrogen-bond donors (Lipinski definition) is 0. The van der Waals surface area contributed by atoms with Crippen LogP contribution in [0.1, 0.15) is 89.1 Å². The van der Waals surface area contributed by atoms with Gasteiger partial charge < -0.3 is 4.90 Å². The van der Waals surface area contributed by atoms with Gasteiger partial charge in [0, 0.05) is 22.1 Å². The minimum Gasteiger partial charge on any atom is -0.309 e. The number of hydrogen-bond acceptors (Lipinski definition) is 1. The number of anilines is 3. The average Bonchev–Trinajstić information content (AvgIpc) is 3.08. The Morgan fingerprint density at radius 2 is 1.02 bits per heavy atom. The predicted octanol–water partition coefficient (Wildman–Crippen LogP) is 14.6. The Labute approximate surface area is 299 Å². The molecule has 7 aromatic rings. The molecule has 0 fully saturated rings. The van der Waals surface area contributed by atoms with Crippen molar-refractivity contribution >= 4 is 49.4 Å². The van der Waals surface area contributed by atoms with Crippen molar-refractivity contribution in [3.8, 4) is 11.1 Å². The third-order valence-corrected chi connectivity index (χ3v) is 10.6.